The largest absolute Gasteiger partial charge is 0.505 e. The summed E-state index contributed by atoms with van der Waals surface area (Å²) in [5.41, 5.74) is -0.0997. The van der Waals surface area contributed by atoms with E-state index in [0.29, 0.717) is 6.61 Å². The summed E-state index contributed by atoms with van der Waals surface area (Å²) in [5, 5.41) is 12.0. The zero-order valence-electron chi connectivity index (χ0n) is 18.7. The number of unbranched alkanes of at least 4 members (excludes halogenated alkanes) is 13. The van der Waals surface area contributed by atoms with E-state index < -0.39 is 11.9 Å². The molecule has 1 aromatic rings. The molecule has 1 aromatic heterocycles. The summed E-state index contributed by atoms with van der Waals surface area (Å²) < 4.78 is 5.13. The number of aromatic hydroxyl groups is 1. The minimum absolute atomic E-state index is 0.0997. The first kappa shape index (κ1) is 25.9. The third-order valence-corrected chi connectivity index (χ3v) is 5.16. The van der Waals surface area contributed by atoms with Gasteiger partial charge in [0.15, 0.2) is 5.69 Å². The summed E-state index contributed by atoms with van der Waals surface area (Å²) in [6.45, 7) is 2.41. The van der Waals surface area contributed by atoms with Crippen molar-refractivity contribution in [3.8, 4) is 5.75 Å². The molecule has 1 rings (SSSR count). The van der Waals surface area contributed by atoms with Crippen LogP contribution in [0.1, 0.15) is 107 Å². The molecule has 30 heavy (non-hydrogen) atoms. The number of nitrogens with zero attached hydrogens (tertiary/aromatic N) is 1. The number of carbonyl (C=O) groups excluding carboxylic acids is 2. The maximum atomic E-state index is 11.8. The molecular weight excluding hydrogens is 380 g/mol. The summed E-state index contributed by atoms with van der Waals surface area (Å²) in [6, 6.07) is 2.90. The fourth-order valence-corrected chi connectivity index (χ4v) is 3.34. The lowest BCUT2D eigenvalue weighted by Crippen LogP contribution is -2.31. The molecule has 0 saturated heterocycles. The molecule has 170 valence electrons. The SMILES string of the molecule is CCCCCCCCCCCCCCCCOC(=O)CNC(=O)c1ncccc1O. The van der Waals surface area contributed by atoms with Crippen LogP contribution >= 0.6 is 0 Å². The van der Waals surface area contributed by atoms with Crippen molar-refractivity contribution in [2.75, 3.05) is 13.2 Å². The molecule has 0 bridgehead atoms. The van der Waals surface area contributed by atoms with Crippen molar-refractivity contribution in [2.24, 2.45) is 0 Å². The molecule has 1 heterocycles. The minimum Gasteiger partial charge on any atom is -0.505 e. The molecule has 0 unspecified atom stereocenters. The third kappa shape index (κ3) is 13.2. The van der Waals surface area contributed by atoms with Gasteiger partial charge in [0.1, 0.15) is 12.3 Å². The van der Waals surface area contributed by atoms with Gasteiger partial charge < -0.3 is 15.2 Å². The first-order chi connectivity index (χ1) is 14.6. The lowest BCUT2D eigenvalue weighted by Gasteiger charge is -2.07. The highest BCUT2D eigenvalue weighted by Crippen LogP contribution is 2.13. The van der Waals surface area contributed by atoms with E-state index in [2.05, 4.69) is 17.2 Å². The van der Waals surface area contributed by atoms with Gasteiger partial charge in [0.25, 0.3) is 5.91 Å². The van der Waals surface area contributed by atoms with Gasteiger partial charge in [0.05, 0.1) is 6.61 Å². The standard InChI is InChI=1S/C24H40N2O4/c1-2-3-4-5-6-7-8-9-10-11-12-13-14-15-19-30-22(28)20-26-24(29)23-21(27)17-16-18-25-23/h16-18,27H,2-15,19-20H2,1H3,(H,26,29). The van der Waals surface area contributed by atoms with Gasteiger partial charge in [-0.05, 0) is 18.6 Å². The molecule has 1 amide bonds. The van der Waals surface area contributed by atoms with E-state index >= 15 is 0 Å². The van der Waals surface area contributed by atoms with E-state index in [0.717, 1.165) is 12.8 Å². The Morgan fingerprint density at radius 2 is 1.43 bits per heavy atom. The van der Waals surface area contributed by atoms with Gasteiger partial charge in [-0.25, -0.2) is 4.98 Å². The van der Waals surface area contributed by atoms with Crippen molar-refractivity contribution < 1.29 is 19.4 Å². The molecule has 0 aromatic carbocycles. The summed E-state index contributed by atoms with van der Waals surface area (Å²) in [6.07, 6.45) is 19.4. The molecule has 0 radical (unpaired) electrons. The predicted molar refractivity (Wildman–Crippen MR) is 120 cm³/mol. The Hall–Kier alpha value is -2.11. The number of rotatable bonds is 18. The summed E-state index contributed by atoms with van der Waals surface area (Å²) >= 11 is 0. The molecule has 0 spiro atoms. The topological polar surface area (TPSA) is 88.5 Å². The Balaban J connectivity index is 1.87. The molecule has 0 fully saturated rings. The molecule has 0 atom stereocenters. The number of carbonyl (C=O) groups is 2. The van der Waals surface area contributed by atoms with Crippen molar-refractivity contribution in [3.05, 3.63) is 24.0 Å². The molecule has 0 saturated carbocycles. The van der Waals surface area contributed by atoms with Crippen molar-refractivity contribution in [1.82, 2.24) is 10.3 Å². The number of aromatic nitrogens is 1. The molecular formula is C24H40N2O4. The monoisotopic (exact) mass is 420 g/mol. The van der Waals surface area contributed by atoms with Crippen LogP contribution in [-0.2, 0) is 9.53 Å². The normalized spacial score (nSPS) is 10.7. The van der Waals surface area contributed by atoms with Crippen LogP contribution in [0, 0.1) is 0 Å². The van der Waals surface area contributed by atoms with Gasteiger partial charge in [-0.15, -0.1) is 0 Å². The highest BCUT2D eigenvalue weighted by atomic mass is 16.5. The Morgan fingerprint density at radius 3 is 1.97 bits per heavy atom. The molecule has 6 heteroatoms. The van der Waals surface area contributed by atoms with Crippen LogP contribution in [0.25, 0.3) is 0 Å². The number of ether oxygens (including phenoxy) is 1. The zero-order chi connectivity index (χ0) is 21.9. The second-order valence-corrected chi connectivity index (χ2v) is 7.87. The van der Waals surface area contributed by atoms with Crippen LogP contribution in [0.15, 0.2) is 18.3 Å². The highest BCUT2D eigenvalue weighted by molar-refractivity contribution is 5.96. The maximum Gasteiger partial charge on any atom is 0.325 e. The van der Waals surface area contributed by atoms with Gasteiger partial charge in [-0.3, -0.25) is 9.59 Å². The minimum atomic E-state index is -0.596. The van der Waals surface area contributed by atoms with Gasteiger partial charge >= 0.3 is 5.97 Å². The third-order valence-electron chi connectivity index (χ3n) is 5.16. The lowest BCUT2D eigenvalue weighted by molar-refractivity contribution is -0.142. The Kier molecular flexibility index (Phi) is 15.3. The number of pyridine rings is 1. The fourth-order valence-electron chi connectivity index (χ4n) is 3.34. The number of hydrogen-bond acceptors (Lipinski definition) is 5. The van der Waals surface area contributed by atoms with Gasteiger partial charge in [-0.1, -0.05) is 90.4 Å². The van der Waals surface area contributed by atoms with Crippen LogP contribution in [-0.4, -0.2) is 35.1 Å². The van der Waals surface area contributed by atoms with Crippen molar-refractivity contribution in [3.63, 3.8) is 0 Å². The van der Waals surface area contributed by atoms with Gasteiger partial charge in [0, 0.05) is 6.20 Å². The number of esters is 1. The first-order valence-corrected chi connectivity index (χ1v) is 11.7. The van der Waals surface area contributed by atoms with E-state index in [9.17, 15) is 14.7 Å². The lowest BCUT2D eigenvalue weighted by atomic mass is 10.0. The van der Waals surface area contributed by atoms with Crippen LogP contribution < -0.4 is 5.32 Å². The van der Waals surface area contributed by atoms with Crippen molar-refractivity contribution in [2.45, 2.75) is 96.8 Å². The quantitative estimate of drug-likeness (QED) is 0.240. The smallest absolute Gasteiger partial charge is 0.325 e. The Morgan fingerprint density at radius 1 is 0.900 bits per heavy atom. The van der Waals surface area contributed by atoms with E-state index in [1.165, 1.54) is 95.4 Å². The molecule has 0 aliphatic heterocycles. The fraction of sp³-hybridized carbons (Fsp3) is 0.708. The second kappa shape index (κ2) is 17.7. The van der Waals surface area contributed by atoms with Gasteiger partial charge in [-0.2, -0.15) is 0 Å². The average molecular weight is 421 g/mol. The van der Waals surface area contributed by atoms with Crippen LogP contribution in [0.5, 0.6) is 5.75 Å². The summed E-state index contributed by atoms with van der Waals surface area (Å²) in [4.78, 5) is 27.3. The van der Waals surface area contributed by atoms with Crippen LogP contribution in [0.2, 0.25) is 0 Å². The van der Waals surface area contributed by atoms with Crippen molar-refractivity contribution >= 4 is 11.9 Å². The van der Waals surface area contributed by atoms with Crippen LogP contribution in [0.4, 0.5) is 0 Å². The average Bonchev–Trinajstić information content (AvgIpc) is 2.75. The van der Waals surface area contributed by atoms with Crippen molar-refractivity contribution in [1.29, 1.82) is 0 Å². The molecule has 0 aliphatic rings. The van der Waals surface area contributed by atoms with Gasteiger partial charge in [0.2, 0.25) is 0 Å². The highest BCUT2D eigenvalue weighted by Gasteiger charge is 2.13. The van der Waals surface area contributed by atoms with E-state index in [1.54, 1.807) is 0 Å². The summed E-state index contributed by atoms with van der Waals surface area (Å²) in [5.74, 6) is -1.29. The van der Waals surface area contributed by atoms with E-state index in [1.807, 2.05) is 0 Å². The second-order valence-electron chi connectivity index (χ2n) is 7.87. The predicted octanol–water partition coefficient (Wildman–Crippen LogP) is 5.54. The maximum absolute atomic E-state index is 11.8. The molecule has 6 nitrogen and oxygen atoms in total. The molecule has 2 N–H and O–H groups in total. The Labute approximate surface area is 181 Å². The van der Waals surface area contributed by atoms with E-state index in [-0.39, 0.29) is 18.0 Å². The van der Waals surface area contributed by atoms with Crippen LogP contribution in [0.3, 0.4) is 0 Å². The number of nitrogens with one attached hydrogen (secondary N) is 1. The Bertz CT molecular complexity index is 592. The zero-order valence-corrected chi connectivity index (χ0v) is 18.7. The summed E-state index contributed by atoms with van der Waals surface area (Å²) in [7, 11) is 0. The first-order valence-electron chi connectivity index (χ1n) is 11.7. The molecule has 0 aliphatic carbocycles. The number of amides is 1. The van der Waals surface area contributed by atoms with E-state index in [4.69, 9.17) is 4.74 Å². The number of hydrogen-bond donors (Lipinski definition) is 2.